The van der Waals surface area contributed by atoms with Gasteiger partial charge in [-0.25, -0.2) is 13.6 Å². The van der Waals surface area contributed by atoms with Crippen molar-refractivity contribution in [3.63, 3.8) is 0 Å². The largest absolute Gasteiger partial charge is 0.238 e. The summed E-state index contributed by atoms with van der Waals surface area (Å²) in [7, 11) is -3.70. The van der Waals surface area contributed by atoms with Gasteiger partial charge >= 0.3 is 0 Å². The van der Waals surface area contributed by atoms with Gasteiger partial charge < -0.3 is 0 Å². The van der Waals surface area contributed by atoms with Crippen LogP contribution in [-0.4, -0.2) is 8.42 Å². The van der Waals surface area contributed by atoms with Gasteiger partial charge in [0.1, 0.15) is 0 Å². The lowest BCUT2D eigenvalue weighted by Crippen LogP contribution is -2.12. The highest BCUT2D eigenvalue weighted by atomic mass is 35.5. The van der Waals surface area contributed by atoms with Gasteiger partial charge in [0.2, 0.25) is 10.0 Å². The van der Waals surface area contributed by atoms with Crippen LogP contribution in [0.15, 0.2) is 41.3 Å². The van der Waals surface area contributed by atoms with Crippen LogP contribution >= 0.6 is 11.6 Å². The Balaban J connectivity index is 2.96. The van der Waals surface area contributed by atoms with Gasteiger partial charge in [-0.05, 0) is 12.1 Å². The van der Waals surface area contributed by atoms with Crippen LogP contribution in [0.2, 0.25) is 5.02 Å². The minimum absolute atomic E-state index is 0.0995. The van der Waals surface area contributed by atoms with Gasteiger partial charge in [0.05, 0.1) is 4.90 Å². The highest BCUT2D eigenvalue weighted by Crippen LogP contribution is 2.28. The molecule has 0 atom stereocenters. The van der Waals surface area contributed by atoms with Crippen molar-refractivity contribution in [2.45, 2.75) is 4.90 Å². The molecule has 0 aromatic heterocycles. The SMILES string of the molecule is NS(=O)(=O)c1ccc(Cl)c2ccccc12. The van der Waals surface area contributed by atoms with Crippen LogP contribution in [-0.2, 0) is 10.0 Å². The third-order valence-electron chi connectivity index (χ3n) is 2.14. The lowest BCUT2D eigenvalue weighted by Gasteiger charge is -2.05. The summed E-state index contributed by atoms with van der Waals surface area (Å²) < 4.78 is 22.6. The lowest BCUT2D eigenvalue weighted by atomic mass is 10.1. The molecular weight excluding hydrogens is 234 g/mol. The molecule has 3 nitrogen and oxygen atoms in total. The van der Waals surface area contributed by atoms with E-state index in [0.29, 0.717) is 15.8 Å². The Morgan fingerprint density at radius 3 is 2.20 bits per heavy atom. The molecule has 2 N–H and O–H groups in total. The minimum atomic E-state index is -3.70. The molecule has 0 aliphatic rings. The van der Waals surface area contributed by atoms with Crippen LogP contribution in [0.4, 0.5) is 0 Å². The summed E-state index contributed by atoms with van der Waals surface area (Å²) in [4.78, 5) is 0.0995. The standard InChI is InChI=1S/C10H8ClNO2S/c11-9-5-6-10(15(12,13)14)8-4-2-1-3-7(8)9/h1-6H,(H2,12,13,14). The number of rotatable bonds is 1. The molecule has 0 radical (unpaired) electrons. The quantitative estimate of drug-likeness (QED) is 0.832. The summed E-state index contributed by atoms with van der Waals surface area (Å²) in [5.74, 6) is 0. The van der Waals surface area contributed by atoms with Crippen LogP contribution in [0.3, 0.4) is 0 Å². The fraction of sp³-hybridized carbons (Fsp3) is 0. The Labute approximate surface area is 92.5 Å². The topological polar surface area (TPSA) is 60.2 Å². The summed E-state index contributed by atoms with van der Waals surface area (Å²) in [5.41, 5.74) is 0. The maximum Gasteiger partial charge on any atom is 0.238 e. The monoisotopic (exact) mass is 241 g/mol. The highest BCUT2D eigenvalue weighted by Gasteiger charge is 2.13. The summed E-state index contributed by atoms with van der Waals surface area (Å²) in [6.07, 6.45) is 0. The number of benzene rings is 2. The molecule has 0 bridgehead atoms. The van der Waals surface area contributed by atoms with Gasteiger partial charge in [-0.2, -0.15) is 0 Å². The van der Waals surface area contributed by atoms with Crippen LogP contribution in [0.25, 0.3) is 10.8 Å². The zero-order valence-corrected chi connectivity index (χ0v) is 9.22. The normalized spacial score (nSPS) is 11.9. The molecule has 0 spiro atoms. The second kappa shape index (κ2) is 3.48. The van der Waals surface area contributed by atoms with E-state index in [0.717, 1.165) is 0 Å². The van der Waals surface area contributed by atoms with E-state index in [1.165, 1.54) is 12.1 Å². The molecule has 78 valence electrons. The fourth-order valence-corrected chi connectivity index (χ4v) is 2.45. The van der Waals surface area contributed by atoms with E-state index in [2.05, 4.69) is 0 Å². The molecule has 0 aliphatic heterocycles. The molecule has 2 aromatic rings. The third kappa shape index (κ3) is 1.84. The van der Waals surface area contributed by atoms with Crippen molar-refractivity contribution in [1.82, 2.24) is 0 Å². The van der Waals surface area contributed by atoms with E-state index in [-0.39, 0.29) is 4.90 Å². The van der Waals surface area contributed by atoms with Crippen molar-refractivity contribution in [2.24, 2.45) is 5.14 Å². The lowest BCUT2D eigenvalue weighted by molar-refractivity contribution is 0.598. The van der Waals surface area contributed by atoms with Crippen LogP contribution in [0, 0.1) is 0 Å². The molecule has 0 saturated carbocycles. The molecule has 0 fully saturated rings. The van der Waals surface area contributed by atoms with Crippen molar-refractivity contribution in [2.75, 3.05) is 0 Å². The molecule has 0 heterocycles. The predicted molar refractivity (Wildman–Crippen MR) is 60.3 cm³/mol. The Morgan fingerprint density at radius 2 is 1.60 bits per heavy atom. The number of nitrogens with two attached hydrogens (primary N) is 1. The third-order valence-corrected chi connectivity index (χ3v) is 3.44. The number of halogens is 1. The van der Waals surface area contributed by atoms with E-state index in [9.17, 15) is 8.42 Å². The van der Waals surface area contributed by atoms with E-state index < -0.39 is 10.0 Å². The minimum Gasteiger partial charge on any atom is -0.225 e. The molecule has 0 aliphatic carbocycles. The summed E-state index contributed by atoms with van der Waals surface area (Å²) in [5, 5.41) is 6.85. The van der Waals surface area contributed by atoms with Gasteiger partial charge in [0.25, 0.3) is 0 Å². The van der Waals surface area contributed by atoms with E-state index in [1.54, 1.807) is 24.3 Å². The molecule has 5 heteroatoms. The molecule has 15 heavy (non-hydrogen) atoms. The number of hydrogen-bond donors (Lipinski definition) is 1. The Hall–Kier alpha value is -1.10. The number of sulfonamides is 1. The van der Waals surface area contributed by atoms with Gasteiger partial charge in [0.15, 0.2) is 0 Å². The van der Waals surface area contributed by atoms with E-state index in [1.807, 2.05) is 0 Å². The summed E-state index contributed by atoms with van der Waals surface area (Å²) in [6, 6.07) is 9.92. The van der Waals surface area contributed by atoms with Gasteiger partial charge in [-0.1, -0.05) is 35.9 Å². The first-order chi connectivity index (χ1) is 7.00. The summed E-state index contributed by atoms with van der Waals surface area (Å²) >= 11 is 5.94. The maximum absolute atomic E-state index is 11.3. The van der Waals surface area contributed by atoms with Crippen molar-refractivity contribution < 1.29 is 8.42 Å². The average Bonchev–Trinajstić information content (AvgIpc) is 2.17. The Morgan fingerprint density at radius 1 is 1.00 bits per heavy atom. The highest BCUT2D eigenvalue weighted by molar-refractivity contribution is 7.89. The second-order valence-electron chi connectivity index (χ2n) is 3.14. The van der Waals surface area contributed by atoms with Gasteiger partial charge in [0, 0.05) is 15.8 Å². The summed E-state index contributed by atoms with van der Waals surface area (Å²) in [6.45, 7) is 0. The molecule has 0 saturated heterocycles. The first-order valence-corrected chi connectivity index (χ1v) is 6.12. The van der Waals surface area contributed by atoms with E-state index in [4.69, 9.17) is 16.7 Å². The van der Waals surface area contributed by atoms with E-state index >= 15 is 0 Å². The second-order valence-corrected chi connectivity index (χ2v) is 5.07. The molecular formula is C10H8ClNO2S. The Bertz CT molecular complexity index is 622. The van der Waals surface area contributed by atoms with Crippen LogP contribution < -0.4 is 5.14 Å². The Kier molecular flexibility index (Phi) is 2.42. The smallest absolute Gasteiger partial charge is 0.225 e. The van der Waals surface area contributed by atoms with Gasteiger partial charge in [-0.15, -0.1) is 0 Å². The number of hydrogen-bond acceptors (Lipinski definition) is 2. The van der Waals surface area contributed by atoms with Crippen molar-refractivity contribution in [1.29, 1.82) is 0 Å². The number of primary sulfonamides is 1. The zero-order valence-electron chi connectivity index (χ0n) is 7.64. The first kappa shape index (κ1) is 10.4. The van der Waals surface area contributed by atoms with Crippen molar-refractivity contribution >= 4 is 32.4 Å². The number of fused-ring (bicyclic) bond motifs is 1. The molecule has 2 rings (SSSR count). The molecule has 2 aromatic carbocycles. The van der Waals surface area contributed by atoms with Crippen molar-refractivity contribution in [3.8, 4) is 0 Å². The first-order valence-electron chi connectivity index (χ1n) is 4.20. The predicted octanol–water partition coefficient (Wildman–Crippen LogP) is 2.14. The molecule has 0 amide bonds. The van der Waals surface area contributed by atoms with Crippen molar-refractivity contribution in [3.05, 3.63) is 41.4 Å². The zero-order chi connectivity index (χ0) is 11.1. The molecule has 0 unspecified atom stereocenters. The van der Waals surface area contributed by atoms with Crippen LogP contribution in [0.5, 0.6) is 0 Å². The fourth-order valence-electron chi connectivity index (χ4n) is 1.48. The van der Waals surface area contributed by atoms with Gasteiger partial charge in [-0.3, -0.25) is 0 Å². The maximum atomic E-state index is 11.3. The average molecular weight is 242 g/mol. The van der Waals surface area contributed by atoms with Crippen LogP contribution in [0.1, 0.15) is 0 Å².